The maximum absolute atomic E-state index is 12.2. The Morgan fingerprint density at radius 2 is 1.76 bits per heavy atom. The molecule has 0 atom stereocenters. The molecule has 0 saturated heterocycles. The highest BCUT2D eigenvalue weighted by molar-refractivity contribution is 6.06. The second-order valence-corrected chi connectivity index (χ2v) is 5.66. The summed E-state index contributed by atoms with van der Waals surface area (Å²) < 4.78 is 0. The van der Waals surface area contributed by atoms with Crippen LogP contribution in [0.5, 0.6) is 0 Å². The number of hydrogen-bond donors (Lipinski definition) is 2. The Morgan fingerprint density at radius 1 is 1.04 bits per heavy atom. The van der Waals surface area contributed by atoms with E-state index in [0.29, 0.717) is 17.6 Å². The molecule has 3 rings (SSSR count). The molecule has 1 heterocycles. The molecular weight excluding hydrogens is 314 g/mol. The first-order valence-corrected chi connectivity index (χ1v) is 8.01. The highest BCUT2D eigenvalue weighted by atomic mass is 16.2. The lowest BCUT2D eigenvalue weighted by Crippen LogP contribution is -2.20. The Labute approximate surface area is 145 Å². The Morgan fingerprint density at radius 3 is 2.52 bits per heavy atom. The summed E-state index contributed by atoms with van der Waals surface area (Å²) in [5.41, 5.74) is 7.60. The van der Waals surface area contributed by atoms with E-state index in [-0.39, 0.29) is 11.6 Å². The lowest BCUT2D eigenvalue weighted by molar-refractivity contribution is -0.113. The van der Waals surface area contributed by atoms with E-state index in [4.69, 9.17) is 5.73 Å². The first-order chi connectivity index (χ1) is 12.1. The third kappa shape index (κ3) is 4.20. The summed E-state index contributed by atoms with van der Waals surface area (Å²) in [5.74, 6) is -0.958. The fraction of sp³-hybridized carbons (Fsp3) is 0.100. The number of amides is 2. The summed E-state index contributed by atoms with van der Waals surface area (Å²) in [7, 11) is 0. The van der Waals surface area contributed by atoms with Crippen molar-refractivity contribution in [3.05, 3.63) is 78.3 Å². The minimum atomic E-state index is -0.676. The molecule has 2 aromatic carbocycles. The van der Waals surface area contributed by atoms with E-state index in [9.17, 15) is 9.59 Å². The molecule has 125 valence electrons. The average Bonchev–Trinajstić information content (AvgIpc) is 2.62. The normalized spacial score (nSPS) is 10.6. The fourth-order valence-corrected chi connectivity index (χ4v) is 2.60. The average molecular weight is 332 g/mol. The summed E-state index contributed by atoms with van der Waals surface area (Å²) in [4.78, 5) is 28.1. The van der Waals surface area contributed by atoms with Crippen molar-refractivity contribution in [3.8, 4) is 0 Å². The number of aromatic nitrogens is 1. The lowest BCUT2D eigenvalue weighted by Gasteiger charge is -2.10. The van der Waals surface area contributed by atoms with E-state index in [1.807, 2.05) is 48.5 Å². The molecule has 1 aromatic heterocycles. The quantitative estimate of drug-likeness (QED) is 0.727. The highest BCUT2D eigenvalue weighted by Gasteiger charge is 2.14. The lowest BCUT2D eigenvalue weighted by atomic mass is 10.1. The highest BCUT2D eigenvalue weighted by Crippen LogP contribution is 2.21. The van der Waals surface area contributed by atoms with Crippen molar-refractivity contribution in [2.75, 3.05) is 5.32 Å². The summed E-state index contributed by atoms with van der Waals surface area (Å²) >= 11 is 0. The maximum Gasteiger partial charge on any atom is 0.269 e. The molecule has 0 aliphatic carbocycles. The number of benzene rings is 2. The van der Waals surface area contributed by atoms with Gasteiger partial charge in [-0.05, 0) is 30.5 Å². The van der Waals surface area contributed by atoms with Gasteiger partial charge < -0.3 is 11.1 Å². The molecule has 0 bridgehead atoms. The van der Waals surface area contributed by atoms with Crippen LogP contribution in [0.4, 0.5) is 5.69 Å². The summed E-state index contributed by atoms with van der Waals surface area (Å²) in [6.07, 6.45) is 2.93. The van der Waals surface area contributed by atoms with Gasteiger partial charge in [-0.25, -0.2) is 4.98 Å². The summed E-state index contributed by atoms with van der Waals surface area (Å²) in [6, 6.07) is 19.0. The van der Waals surface area contributed by atoms with Crippen LogP contribution in [-0.4, -0.2) is 16.8 Å². The number of anilines is 1. The number of carbonyl (C=O) groups excluding carboxylic acids is 2. The van der Waals surface area contributed by atoms with Gasteiger partial charge in [-0.15, -0.1) is 0 Å². The molecule has 0 saturated carbocycles. The number of para-hydroxylation sites is 1. The monoisotopic (exact) mass is 332 g/mol. The van der Waals surface area contributed by atoms with Gasteiger partial charge in [-0.3, -0.25) is 9.59 Å². The van der Waals surface area contributed by atoms with Gasteiger partial charge in [0.2, 0.25) is 5.91 Å². The predicted molar refractivity (Wildman–Crippen MR) is 98.0 cm³/mol. The molecule has 3 N–H and O–H groups in total. The number of aryl methyl sites for hydroxylation is 1. The van der Waals surface area contributed by atoms with E-state index >= 15 is 0 Å². The number of nitrogens with two attached hydrogens (primary N) is 1. The van der Waals surface area contributed by atoms with Gasteiger partial charge in [0, 0.05) is 5.39 Å². The number of primary amides is 1. The fourth-order valence-electron chi connectivity index (χ4n) is 2.60. The van der Waals surface area contributed by atoms with Crippen LogP contribution >= 0.6 is 0 Å². The van der Waals surface area contributed by atoms with Crippen LogP contribution < -0.4 is 11.1 Å². The van der Waals surface area contributed by atoms with Crippen molar-refractivity contribution in [1.29, 1.82) is 0 Å². The largest absolute Gasteiger partial charge is 0.364 e. The molecule has 2 amide bonds. The van der Waals surface area contributed by atoms with Crippen molar-refractivity contribution >= 4 is 28.4 Å². The minimum Gasteiger partial charge on any atom is -0.364 e. The molecule has 25 heavy (non-hydrogen) atoms. The van der Waals surface area contributed by atoms with Crippen molar-refractivity contribution in [2.45, 2.75) is 12.8 Å². The van der Waals surface area contributed by atoms with Crippen LogP contribution in [0.1, 0.15) is 22.5 Å². The second-order valence-electron chi connectivity index (χ2n) is 5.66. The first kappa shape index (κ1) is 16.6. The molecule has 1 radical (unpaired) electrons. The Bertz CT molecular complexity index is 907. The Hall–Kier alpha value is -3.21. The van der Waals surface area contributed by atoms with Crippen molar-refractivity contribution in [1.82, 2.24) is 4.98 Å². The first-order valence-electron chi connectivity index (χ1n) is 8.01. The number of rotatable bonds is 6. The number of carbonyl (C=O) groups is 2. The Balaban J connectivity index is 1.69. The molecular formula is C20H18N3O2. The van der Waals surface area contributed by atoms with Crippen molar-refractivity contribution < 1.29 is 9.59 Å². The van der Waals surface area contributed by atoms with Crippen LogP contribution in [0, 0.1) is 6.42 Å². The zero-order valence-electron chi connectivity index (χ0n) is 13.6. The van der Waals surface area contributed by atoms with Gasteiger partial charge in [0.15, 0.2) is 5.69 Å². The van der Waals surface area contributed by atoms with Crippen LogP contribution in [0.2, 0.25) is 0 Å². The number of fused-ring (bicyclic) bond motifs is 1. The molecule has 0 aliphatic rings. The van der Waals surface area contributed by atoms with Crippen molar-refractivity contribution in [2.24, 2.45) is 5.73 Å². The van der Waals surface area contributed by atoms with E-state index in [1.54, 1.807) is 18.6 Å². The third-order valence-corrected chi connectivity index (χ3v) is 3.82. The molecule has 5 heteroatoms. The van der Waals surface area contributed by atoms with Crippen LogP contribution in [0.3, 0.4) is 0 Å². The van der Waals surface area contributed by atoms with E-state index in [1.165, 1.54) is 0 Å². The van der Waals surface area contributed by atoms with E-state index < -0.39 is 5.91 Å². The van der Waals surface area contributed by atoms with Crippen molar-refractivity contribution in [3.63, 3.8) is 0 Å². The van der Waals surface area contributed by atoms with Crippen LogP contribution in [-0.2, 0) is 11.2 Å². The maximum atomic E-state index is 12.2. The van der Waals surface area contributed by atoms with Crippen LogP contribution in [0.25, 0.3) is 10.9 Å². The molecule has 0 spiro atoms. The van der Waals surface area contributed by atoms with Crippen LogP contribution in [0.15, 0.2) is 60.7 Å². The minimum absolute atomic E-state index is 0.0588. The topological polar surface area (TPSA) is 85.1 Å². The molecule has 0 unspecified atom stereocenters. The number of hydrogen-bond acceptors (Lipinski definition) is 3. The standard InChI is InChI=1S/C20H18N3O2/c21-20(25)19-17(13-15-10-4-5-11-16(15)23-19)22-18(24)12-6-9-14-7-2-1-3-8-14/h1-5,7-8,10-13H,6,9H2,(H2,21,25)(H,22,24). The second kappa shape index (κ2) is 7.57. The number of pyridine rings is 1. The smallest absolute Gasteiger partial charge is 0.269 e. The summed E-state index contributed by atoms with van der Waals surface area (Å²) in [5, 5.41) is 3.54. The van der Waals surface area contributed by atoms with Gasteiger partial charge in [-0.2, -0.15) is 0 Å². The van der Waals surface area contributed by atoms with Gasteiger partial charge in [0.1, 0.15) is 0 Å². The number of nitrogens with one attached hydrogen (secondary N) is 1. The van der Waals surface area contributed by atoms with Gasteiger partial charge in [-0.1, -0.05) is 48.5 Å². The van der Waals surface area contributed by atoms with Gasteiger partial charge in [0.05, 0.1) is 17.6 Å². The zero-order valence-corrected chi connectivity index (χ0v) is 13.6. The third-order valence-electron chi connectivity index (χ3n) is 3.82. The molecule has 0 fully saturated rings. The molecule has 3 aromatic rings. The zero-order chi connectivity index (χ0) is 17.6. The SMILES string of the molecule is NC(=O)c1nc2ccccc2cc1NC(=O)[CH]CCc1ccccc1. The predicted octanol–water partition coefficient (Wildman–Crippen LogP) is 3.11. The number of nitrogens with zero attached hydrogens (tertiary/aromatic N) is 1. The van der Waals surface area contributed by atoms with Gasteiger partial charge >= 0.3 is 0 Å². The van der Waals surface area contributed by atoms with E-state index in [0.717, 1.165) is 17.4 Å². The van der Waals surface area contributed by atoms with E-state index in [2.05, 4.69) is 10.3 Å². The molecule has 0 aliphatic heterocycles. The summed E-state index contributed by atoms with van der Waals surface area (Å²) in [6.45, 7) is 0. The molecule has 5 nitrogen and oxygen atoms in total. The Kier molecular flexibility index (Phi) is 5.04. The van der Waals surface area contributed by atoms with Gasteiger partial charge in [0.25, 0.3) is 5.91 Å².